The van der Waals surface area contributed by atoms with Crippen molar-refractivity contribution >= 4 is 47.0 Å². The van der Waals surface area contributed by atoms with Gasteiger partial charge in [-0.3, -0.25) is 40.8 Å². The molecule has 24 nitrogen and oxygen atoms in total. The van der Waals surface area contributed by atoms with Crippen LogP contribution in [0.2, 0.25) is 0 Å². The molecule has 328 valence electrons. The van der Waals surface area contributed by atoms with Gasteiger partial charge < -0.3 is 90.1 Å². The Balaban J connectivity index is 7.89. The molecular weight excluding hydrogens is 740 g/mol. The molecule has 0 aliphatic carbocycles. The van der Waals surface area contributed by atoms with Crippen LogP contribution in [0.3, 0.4) is 0 Å². The highest BCUT2D eigenvalue weighted by Gasteiger charge is 2.63. The number of guanidine groups is 4. The summed E-state index contributed by atoms with van der Waals surface area (Å²) >= 11 is 0. The van der Waals surface area contributed by atoms with Crippen LogP contribution in [0.4, 0.5) is 0 Å². The van der Waals surface area contributed by atoms with Gasteiger partial charge in [-0.15, -0.1) is 0 Å². The first-order chi connectivity index (χ1) is 26.8. The van der Waals surface area contributed by atoms with Gasteiger partial charge in [0.15, 0.2) is 47.0 Å². The third-order valence-electron chi connectivity index (χ3n) is 10.2. The van der Waals surface area contributed by atoms with E-state index in [0.29, 0.717) is 0 Å². The number of nitrogens with two attached hydrogens (primary N) is 12. The van der Waals surface area contributed by atoms with Gasteiger partial charge in [-0.2, -0.15) is 0 Å². The summed E-state index contributed by atoms with van der Waals surface area (Å²) in [5, 5.41) is 40.2. The molecule has 0 aliphatic heterocycles. The van der Waals surface area contributed by atoms with E-state index in [1.54, 1.807) is 0 Å². The topological polar surface area (TPSA) is 524 Å². The second-order valence-electron chi connectivity index (χ2n) is 14.1. The van der Waals surface area contributed by atoms with Crippen LogP contribution in [0.1, 0.15) is 51.4 Å². The van der Waals surface area contributed by atoms with Crippen molar-refractivity contribution in [1.29, 1.82) is 21.6 Å². The number of hydrogen-bond acceptors (Lipinski definition) is 16. The first kappa shape index (κ1) is 52.4. The molecule has 0 radical (unpaired) electrons. The van der Waals surface area contributed by atoms with E-state index in [1.165, 1.54) is 0 Å². The first-order valence-electron chi connectivity index (χ1n) is 19.1. The Bertz CT molecular complexity index is 1140. The Kier molecular flexibility index (Phi) is 25.0. The van der Waals surface area contributed by atoms with Gasteiger partial charge in [0, 0.05) is 81.4 Å². The molecule has 0 aliphatic rings. The highest BCUT2D eigenvalue weighted by Crippen LogP contribution is 2.52. The smallest absolute Gasteiger partial charge is 0.185 e. The number of nitrogens with one attached hydrogen (secondary N) is 8. The van der Waals surface area contributed by atoms with Gasteiger partial charge in [-0.1, -0.05) is 0 Å². The monoisotopic (exact) mass is 813 g/mol. The predicted octanol–water partition coefficient (Wildman–Crippen LogP) is -7.09. The maximum atomic E-state index is 14.7. The van der Waals surface area contributed by atoms with Crippen molar-refractivity contribution in [3.05, 3.63) is 0 Å². The number of carbonyl (C=O) groups is 4. The Morgan fingerprint density at radius 2 is 0.579 bits per heavy atom. The van der Waals surface area contributed by atoms with Gasteiger partial charge in [0.25, 0.3) is 0 Å². The summed E-state index contributed by atoms with van der Waals surface area (Å²) in [5.41, 5.74) is 71.4. The molecule has 24 heteroatoms. The number of Topliss-reactive ketones (excluding diaryl/α,β-unsaturated/α-hetero) is 4. The molecule has 0 bridgehead atoms. The summed E-state index contributed by atoms with van der Waals surface area (Å²) in [6, 6.07) is -5.03. The average Bonchev–Trinajstić information content (AvgIpc) is 3.15. The lowest BCUT2D eigenvalue weighted by Crippen LogP contribution is -2.68. The van der Waals surface area contributed by atoms with Gasteiger partial charge >= 0.3 is 0 Å². The predicted molar refractivity (Wildman–Crippen MR) is 221 cm³/mol. The highest BCUT2D eigenvalue weighted by atomic mass is 16.1. The average molecular weight is 813 g/mol. The van der Waals surface area contributed by atoms with Gasteiger partial charge in [0.05, 0.1) is 24.2 Å². The van der Waals surface area contributed by atoms with Gasteiger partial charge in [0.2, 0.25) is 0 Å². The van der Waals surface area contributed by atoms with Crippen LogP contribution in [0.15, 0.2) is 0 Å². The minimum Gasteiger partial charge on any atom is -0.370 e. The maximum absolute atomic E-state index is 14.7. The first-order valence-corrected chi connectivity index (χ1v) is 19.1. The maximum Gasteiger partial charge on any atom is 0.185 e. The Morgan fingerprint density at radius 3 is 0.719 bits per heavy atom. The standard InChI is InChI=1S/C33H72N20O4/c34-13-17(25(54)21(38)5-1-9-50-29(42)43)33(18(14-35)26(55)22(39)6-2-10-51-30(44)45,19(15-36)27(56)23(40)7-3-11-52-31(46)47)20(16-37)28(57)24(41)8-4-12-53-32(48)49/h17-24H,1-16,34-41H2,(H4,42,43,50)(H4,44,45,51)(H4,46,47,52)(H4,48,49,53). The summed E-state index contributed by atoms with van der Waals surface area (Å²) in [7, 11) is 0. The Hall–Kier alpha value is -4.56. The second kappa shape index (κ2) is 27.1. The van der Waals surface area contributed by atoms with Crippen molar-refractivity contribution in [2.24, 2.45) is 97.9 Å². The van der Waals surface area contributed by atoms with E-state index >= 15 is 0 Å². The van der Waals surface area contributed by atoms with Crippen molar-refractivity contribution < 1.29 is 19.2 Å². The molecule has 57 heavy (non-hydrogen) atoms. The van der Waals surface area contributed by atoms with Crippen molar-refractivity contribution in [2.45, 2.75) is 75.5 Å². The summed E-state index contributed by atoms with van der Waals surface area (Å²) in [6.07, 6.45) is 1.26. The molecule has 0 aromatic carbocycles. The van der Waals surface area contributed by atoms with E-state index in [0.717, 1.165) is 0 Å². The third-order valence-corrected chi connectivity index (χ3v) is 10.2. The molecule has 0 fully saturated rings. The lowest BCUT2D eigenvalue weighted by atomic mass is 9.48. The number of ketones is 4. The summed E-state index contributed by atoms with van der Waals surface area (Å²) in [5.74, 6) is -10.2. The molecule has 8 atom stereocenters. The lowest BCUT2D eigenvalue weighted by Gasteiger charge is -2.54. The zero-order valence-corrected chi connectivity index (χ0v) is 33.0. The Labute approximate surface area is 334 Å². The largest absolute Gasteiger partial charge is 0.370 e. The molecular formula is C33H72N20O4. The highest BCUT2D eigenvalue weighted by molar-refractivity contribution is 5.97. The fourth-order valence-corrected chi connectivity index (χ4v) is 7.51. The Morgan fingerprint density at radius 1 is 0.404 bits per heavy atom. The molecule has 0 heterocycles. The molecule has 0 saturated heterocycles. The van der Waals surface area contributed by atoms with Gasteiger partial charge in [-0.05, 0) is 51.4 Å². The normalized spacial score (nSPS) is 16.6. The van der Waals surface area contributed by atoms with E-state index in [2.05, 4.69) is 21.3 Å². The van der Waals surface area contributed by atoms with Crippen LogP contribution in [-0.4, -0.2) is 123 Å². The minimum atomic E-state index is -2.16. The fraction of sp³-hybridized carbons (Fsp3) is 0.758. The van der Waals surface area contributed by atoms with Crippen LogP contribution in [0.5, 0.6) is 0 Å². The SMILES string of the molecule is N=C(N)NCCCC(N)C(=O)C(CN)C(C(CN)C(=O)C(N)CCCNC(=N)N)(C(CN)C(=O)C(N)CCCNC(=N)N)C(CN)C(=O)C(N)CCCNC(=N)N. The lowest BCUT2D eigenvalue weighted by molar-refractivity contribution is -0.157. The quantitative estimate of drug-likeness (QED) is 0.0170. The van der Waals surface area contributed by atoms with Crippen molar-refractivity contribution in [3.63, 3.8) is 0 Å². The summed E-state index contributed by atoms with van der Waals surface area (Å²) in [4.78, 5) is 59.0. The van der Waals surface area contributed by atoms with E-state index in [1.807, 2.05) is 0 Å². The molecule has 0 saturated carbocycles. The van der Waals surface area contributed by atoms with Crippen LogP contribution < -0.4 is 90.1 Å². The van der Waals surface area contributed by atoms with E-state index < -0.39 is 103 Å². The van der Waals surface area contributed by atoms with E-state index in [9.17, 15) is 19.2 Å². The minimum absolute atomic E-state index is 0.0450. The number of rotatable bonds is 32. The third kappa shape index (κ3) is 16.4. The zero-order valence-electron chi connectivity index (χ0n) is 33.0. The molecule has 0 aromatic heterocycles. The van der Waals surface area contributed by atoms with E-state index in [4.69, 9.17) is 90.4 Å². The van der Waals surface area contributed by atoms with Crippen LogP contribution in [-0.2, 0) is 19.2 Å². The molecule has 32 N–H and O–H groups in total. The fourth-order valence-electron chi connectivity index (χ4n) is 7.51. The molecule has 0 rings (SSSR count). The summed E-state index contributed by atoms with van der Waals surface area (Å²) in [6.45, 7) is -1.38. The van der Waals surface area contributed by atoms with Crippen molar-refractivity contribution in [1.82, 2.24) is 21.3 Å². The van der Waals surface area contributed by atoms with E-state index in [-0.39, 0.29) is 101 Å². The number of hydrogen-bond donors (Lipinski definition) is 20. The zero-order chi connectivity index (χ0) is 43.9. The van der Waals surface area contributed by atoms with Gasteiger partial charge in [0.1, 0.15) is 0 Å². The van der Waals surface area contributed by atoms with Crippen molar-refractivity contribution in [2.75, 3.05) is 52.4 Å². The molecule has 8 unspecified atom stereocenters. The molecule has 0 amide bonds. The van der Waals surface area contributed by atoms with Gasteiger partial charge in [-0.25, -0.2) is 0 Å². The molecule has 0 spiro atoms. The van der Waals surface area contributed by atoms with Crippen LogP contribution in [0, 0.1) is 50.7 Å². The summed E-state index contributed by atoms with van der Waals surface area (Å²) < 4.78 is 0. The van der Waals surface area contributed by atoms with Crippen molar-refractivity contribution in [3.8, 4) is 0 Å². The molecule has 0 aromatic rings. The second-order valence-corrected chi connectivity index (χ2v) is 14.1. The number of carbonyl (C=O) groups excluding carboxylic acids is 4. The van der Waals surface area contributed by atoms with Crippen LogP contribution >= 0.6 is 0 Å². The van der Waals surface area contributed by atoms with Crippen LogP contribution in [0.25, 0.3) is 0 Å².